The highest BCUT2D eigenvalue weighted by Crippen LogP contribution is 2.35. The molecule has 8 heteroatoms. The molecule has 3 aliphatic heterocycles. The first kappa shape index (κ1) is 25.0. The van der Waals surface area contributed by atoms with E-state index in [2.05, 4.69) is 10.2 Å². The van der Waals surface area contributed by atoms with Crippen LogP contribution in [0.2, 0.25) is 0 Å². The van der Waals surface area contributed by atoms with Gasteiger partial charge >= 0.3 is 0 Å². The van der Waals surface area contributed by atoms with E-state index in [1.54, 1.807) is 28.8 Å². The predicted molar refractivity (Wildman–Crippen MR) is 137 cm³/mol. The van der Waals surface area contributed by atoms with Gasteiger partial charge in [0.05, 0.1) is 0 Å². The Balaban J connectivity index is 1.23. The van der Waals surface area contributed by atoms with Crippen molar-refractivity contribution in [3.05, 3.63) is 64.5 Å². The summed E-state index contributed by atoms with van der Waals surface area (Å²) in [6, 6.07) is 10.5. The largest absolute Gasteiger partial charge is 0.322 e. The van der Waals surface area contributed by atoms with E-state index >= 15 is 0 Å². The number of likely N-dealkylation sites (tertiary alicyclic amines) is 1. The number of fused-ring (bicyclic) bond motifs is 1. The van der Waals surface area contributed by atoms with Gasteiger partial charge in [-0.25, -0.2) is 4.39 Å². The monoisotopic (exact) mass is 509 g/mol. The van der Waals surface area contributed by atoms with Gasteiger partial charge in [-0.05, 0) is 61.7 Å². The van der Waals surface area contributed by atoms with Crippen LogP contribution >= 0.6 is 11.8 Å². The molecule has 0 spiro atoms. The van der Waals surface area contributed by atoms with Gasteiger partial charge in [0, 0.05) is 41.3 Å². The summed E-state index contributed by atoms with van der Waals surface area (Å²) in [5, 5.41) is 2.34. The molecule has 0 radical (unpaired) electrons. The summed E-state index contributed by atoms with van der Waals surface area (Å²) < 4.78 is 15.0. The summed E-state index contributed by atoms with van der Waals surface area (Å²) in [6.45, 7) is 3.06. The molecule has 190 valence electrons. The number of halogens is 1. The Bertz CT molecular complexity index is 1160. The zero-order valence-electron chi connectivity index (χ0n) is 20.4. The lowest BCUT2D eigenvalue weighted by Gasteiger charge is -2.29. The minimum absolute atomic E-state index is 0.160. The Morgan fingerprint density at radius 3 is 2.53 bits per heavy atom. The van der Waals surface area contributed by atoms with Gasteiger partial charge in [-0.1, -0.05) is 37.5 Å². The van der Waals surface area contributed by atoms with Crippen LogP contribution in [0.1, 0.15) is 72.0 Å². The SMILES string of the molecule is O=C1CCC(N2Cc3c(SCc4ccc(CN5CCCCCCC5)c(F)c4)cccc3C2=O)C(=O)N1. The summed E-state index contributed by atoms with van der Waals surface area (Å²) in [5.74, 6) is -0.455. The molecule has 2 aromatic carbocycles. The molecule has 1 unspecified atom stereocenters. The van der Waals surface area contributed by atoms with Crippen LogP contribution in [0, 0.1) is 5.82 Å². The van der Waals surface area contributed by atoms with Crippen molar-refractivity contribution in [2.24, 2.45) is 0 Å². The molecule has 0 bridgehead atoms. The van der Waals surface area contributed by atoms with E-state index in [0.717, 1.165) is 34.7 Å². The van der Waals surface area contributed by atoms with Crippen LogP contribution in [0.4, 0.5) is 4.39 Å². The molecule has 1 N–H and O–H groups in total. The number of carbonyl (C=O) groups is 3. The first-order chi connectivity index (χ1) is 17.5. The molecule has 0 saturated carbocycles. The Morgan fingerprint density at radius 1 is 1.00 bits per heavy atom. The Hall–Kier alpha value is -2.71. The molecule has 36 heavy (non-hydrogen) atoms. The van der Waals surface area contributed by atoms with Crippen molar-refractivity contribution in [3.8, 4) is 0 Å². The average Bonchev–Trinajstić information content (AvgIpc) is 3.17. The molecule has 3 aliphatic rings. The van der Waals surface area contributed by atoms with Crippen molar-refractivity contribution in [2.75, 3.05) is 13.1 Å². The van der Waals surface area contributed by atoms with E-state index in [1.165, 1.54) is 32.1 Å². The number of nitrogens with one attached hydrogen (secondary N) is 1. The number of piperidine rings is 1. The van der Waals surface area contributed by atoms with Gasteiger partial charge in [-0.3, -0.25) is 24.6 Å². The summed E-state index contributed by atoms with van der Waals surface area (Å²) in [5.41, 5.74) is 3.14. The fourth-order valence-electron chi connectivity index (χ4n) is 5.37. The third-order valence-corrected chi connectivity index (χ3v) is 8.56. The van der Waals surface area contributed by atoms with Crippen molar-refractivity contribution in [1.82, 2.24) is 15.1 Å². The van der Waals surface area contributed by atoms with Gasteiger partial charge in [-0.15, -0.1) is 11.8 Å². The van der Waals surface area contributed by atoms with Crippen molar-refractivity contribution >= 4 is 29.5 Å². The van der Waals surface area contributed by atoms with Crippen molar-refractivity contribution < 1.29 is 18.8 Å². The molecule has 2 fully saturated rings. The first-order valence-corrected chi connectivity index (χ1v) is 13.9. The van der Waals surface area contributed by atoms with Crippen LogP contribution in [0.3, 0.4) is 0 Å². The molecular formula is C28H32FN3O3S. The lowest BCUT2D eigenvalue weighted by Crippen LogP contribution is -2.52. The molecule has 2 saturated heterocycles. The third-order valence-electron chi connectivity index (χ3n) is 7.39. The molecule has 1 atom stereocenters. The molecule has 2 aromatic rings. The Labute approximate surface area is 215 Å². The summed E-state index contributed by atoms with van der Waals surface area (Å²) in [7, 11) is 0. The van der Waals surface area contributed by atoms with Gasteiger partial charge in [0.2, 0.25) is 11.8 Å². The summed E-state index contributed by atoms with van der Waals surface area (Å²) >= 11 is 1.58. The predicted octanol–water partition coefficient (Wildman–Crippen LogP) is 4.65. The fraction of sp³-hybridized carbons (Fsp3) is 0.464. The molecule has 6 nitrogen and oxygen atoms in total. The molecule has 3 amide bonds. The minimum Gasteiger partial charge on any atom is -0.322 e. The highest BCUT2D eigenvalue weighted by Gasteiger charge is 2.39. The van der Waals surface area contributed by atoms with Crippen molar-refractivity contribution in [2.45, 2.75) is 74.7 Å². The fourth-order valence-corrected chi connectivity index (χ4v) is 6.40. The van der Waals surface area contributed by atoms with Gasteiger partial charge < -0.3 is 4.90 Å². The zero-order chi connectivity index (χ0) is 25.1. The Morgan fingerprint density at radius 2 is 1.78 bits per heavy atom. The van der Waals surface area contributed by atoms with E-state index in [-0.39, 0.29) is 24.1 Å². The van der Waals surface area contributed by atoms with Gasteiger partial charge in [0.1, 0.15) is 11.9 Å². The summed E-state index contributed by atoms with van der Waals surface area (Å²) in [4.78, 5) is 41.8. The molecule has 0 aromatic heterocycles. The highest BCUT2D eigenvalue weighted by molar-refractivity contribution is 7.98. The zero-order valence-corrected chi connectivity index (χ0v) is 21.2. The minimum atomic E-state index is -0.629. The van der Waals surface area contributed by atoms with Crippen molar-refractivity contribution in [1.29, 1.82) is 0 Å². The number of thioether (sulfide) groups is 1. The van der Waals surface area contributed by atoms with E-state index in [0.29, 0.717) is 30.8 Å². The van der Waals surface area contributed by atoms with Crippen LogP contribution in [-0.4, -0.2) is 46.7 Å². The molecule has 0 aliphatic carbocycles. The first-order valence-electron chi connectivity index (χ1n) is 12.9. The number of nitrogens with zero attached hydrogens (tertiary/aromatic N) is 2. The van der Waals surface area contributed by atoms with Crippen LogP contribution in [0.5, 0.6) is 0 Å². The second kappa shape index (κ2) is 11.1. The maximum absolute atomic E-state index is 15.0. The van der Waals surface area contributed by atoms with Gasteiger partial charge in [-0.2, -0.15) is 0 Å². The maximum atomic E-state index is 15.0. The van der Waals surface area contributed by atoms with Crippen LogP contribution in [0.25, 0.3) is 0 Å². The topological polar surface area (TPSA) is 69.7 Å². The average molecular weight is 510 g/mol. The number of imide groups is 1. The number of amides is 3. The smallest absolute Gasteiger partial charge is 0.255 e. The van der Waals surface area contributed by atoms with E-state index in [1.807, 2.05) is 24.3 Å². The van der Waals surface area contributed by atoms with Gasteiger partial charge in [0.15, 0.2) is 0 Å². The molecule has 5 rings (SSSR count). The van der Waals surface area contributed by atoms with Crippen LogP contribution < -0.4 is 5.32 Å². The molecule has 3 heterocycles. The van der Waals surface area contributed by atoms with Crippen LogP contribution in [0.15, 0.2) is 41.3 Å². The number of benzene rings is 2. The lowest BCUT2D eigenvalue weighted by atomic mass is 10.0. The highest BCUT2D eigenvalue weighted by atomic mass is 32.2. The maximum Gasteiger partial charge on any atom is 0.255 e. The normalized spacial score (nSPS) is 21.2. The quantitative estimate of drug-likeness (QED) is 0.454. The summed E-state index contributed by atoms with van der Waals surface area (Å²) in [6.07, 6.45) is 6.77. The van der Waals surface area contributed by atoms with Gasteiger partial charge in [0.25, 0.3) is 5.91 Å². The Kier molecular flexibility index (Phi) is 7.72. The third kappa shape index (κ3) is 5.49. The molecular weight excluding hydrogens is 477 g/mol. The van der Waals surface area contributed by atoms with E-state index < -0.39 is 11.9 Å². The van der Waals surface area contributed by atoms with Crippen molar-refractivity contribution in [3.63, 3.8) is 0 Å². The van der Waals surface area contributed by atoms with Crippen LogP contribution in [-0.2, 0) is 28.4 Å². The standard InChI is InChI=1S/C28H32FN3O3S/c29-23-15-19(9-10-20(23)16-31-13-4-2-1-3-5-14-31)18-36-25-8-6-7-21-22(25)17-32(28(21)35)24-11-12-26(33)30-27(24)34/h6-10,15,24H,1-5,11-14,16-18H2,(H,30,33,34). The lowest BCUT2D eigenvalue weighted by molar-refractivity contribution is -0.136. The number of rotatable bonds is 6. The second-order valence-electron chi connectivity index (χ2n) is 9.94. The second-order valence-corrected chi connectivity index (χ2v) is 11.0. The number of hydrogen-bond acceptors (Lipinski definition) is 5. The van der Waals surface area contributed by atoms with E-state index in [4.69, 9.17) is 0 Å². The number of carbonyl (C=O) groups excluding carboxylic acids is 3. The van der Waals surface area contributed by atoms with E-state index in [9.17, 15) is 18.8 Å². The number of hydrogen-bond donors (Lipinski definition) is 1.